The molecule has 0 unspecified atom stereocenters. The number of carbonyl (C=O) groups is 2. The van der Waals surface area contributed by atoms with Crippen molar-refractivity contribution in [2.24, 2.45) is 0 Å². The van der Waals surface area contributed by atoms with Crippen LogP contribution in [0, 0.1) is 0 Å². The number of thioether (sulfide) groups is 1. The first kappa shape index (κ1) is 17.9. The molecule has 126 valence electrons. The molecule has 1 aromatic heterocycles. The summed E-state index contributed by atoms with van der Waals surface area (Å²) in [5.74, 6) is 1.11. The molecule has 1 heterocycles. The number of rotatable bonds is 7. The van der Waals surface area contributed by atoms with Crippen LogP contribution in [0.1, 0.15) is 28.8 Å². The molecule has 0 aliphatic rings. The van der Waals surface area contributed by atoms with Gasteiger partial charge in [-0.3, -0.25) is 4.79 Å². The predicted molar refractivity (Wildman–Crippen MR) is 96.0 cm³/mol. The van der Waals surface area contributed by atoms with E-state index in [-0.39, 0.29) is 17.6 Å². The van der Waals surface area contributed by atoms with Crippen molar-refractivity contribution in [3.63, 3.8) is 0 Å². The Hall–Kier alpha value is -2.47. The summed E-state index contributed by atoms with van der Waals surface area (Å²) in [6.45, 7) is 2.10. The lowest BCUT2D eigenvalue weighted by atomic mass is 10.2. The van der Waals surface area contributed by atoms with Gasteiger partial charge in [0.15, 0.2) is 5.76 Å². The zero-order chi connectivity index (χ0) is 17.4. The zero-order valence-corrected chi connectivity index (χ0v) is 14.4. The van der Waals surface area contributed by atoms with Gasteiger partial charge in [-0.15, -0.1) is 0 Å². The van der Waals surface area contributed by atoms with E-state index in [1.165, 1.54) is 6.08 Å². The Morgan fingerprint density at radius 2 is 1.96 bits per heavy atom. The quantitative estimate of drug-likeness (QED) is 0.607. The molecule has 6 heteroatoms. The molecule has 0 aliphatic heterocycles. The van der Waals surface area contributed by atoms with Crippen LogP contribution in [0.25, 0.3) is 6.08 Å². The summed E-state index contributed by atoms with van der Waals surface area (Å²) in [6.07, 6.45) is 5.00. The Morgan fingerprint density at radius 1 is 1.21 bits per heavy atom. The zero-order valence-electron chi connectivity index (χ0n) is 13.6. The number of esters is 1. The normalized spacial score (nSPS) is 10.8. The highest BCUT2D eigenvalue weighted by atomic mass is 32.2. The molecular weight excluding hydrogens is 326 g/mol. The number of hydrogen-bond donors (Lipinski definition) is 1. The maximum Gasteiger partial charge on any atom is 0.330 e. The van der Waals surface area contributed by atoms with E-state index in [4.69, 9.17) is 9.15 Å². The maximum absolute atomic E-state index is 12.1. The van der Waals surface area contributed by atoms with Crippen LogP contribution in [0.4, 0.5) is 5.69 Å². The Bertz CT molecular complexity index is 719. The molecule has 0 aliphatic carbocycles. The third kappa shape index (κ3) is 5.31. The second-order valence-electron chi connectivity index (χ2n) is 4.86. The number of furan rings is 1. The van der Waals surface area contributed by atoms with Crippen molar-refractivity contribution in [3.05, 3.63) is 59.6 Å². The molecule has 0 fully saturated rings. The SMILES string of the molecule is CCOC(=O)C=Cc1ccc(NC(=O)c2ccc(CSC)o2)cc1. The van der Waals surface area contributed by atoms with E-state index < -0.39 is 0 Å². The summed E-state index contributed by atoms with van der Waals surface area (Å²) in [5.41, 5.74) is 1.48. The summed E-state index contributed by atoms with van der Waals surface area (Å²) >= 11 is 1.63. The van der Waals surface area contributed by atoms with Crippen LogP contribution in [0.3, 0.4) is 0 Å². The number of amides is 1. The summed E-state index contributed by atoms with van der Waals surface area (Å²) in [7, 11) is 0. The summed E-state index contributed by atoms with van der Waals surface area (Å²) < 4.78 is 10.3. The molecular formula is C18H19NO4S. The number of ether oxygens (including phenoxy) is 1. The lowest BCUT2D eigenvalue weighted by Gasteiger charge is -2.03. The number of benzene rings is 1. The fourth-order valence-corrected chi connectivity index (χ4v) is 2.38. The van der Waals surface area contributed by atoms with Gasteiger partial charge in [-0.25, -0.2) is 4.79 Å². The molecule has 1 N–H and O–H groups in total. The highest BCUT2D eigenvalue weighted by Gasteiger charge is 2.11. The van der Waals surface area contributed by atoms with Crippen molar-refractivity contribution < 1.29 is 18.7 Å². The number of nitrogens with one attached hydrogen (secondary N) is 1. The van der Waals surface area contributed by atoms with Crippen LogP contribution in [0.15, 0.2) is 46.9 Å². The second-order valence-corrected chi connectivity index (χ2v) is 5.73. The van der Waals surface area contributed by atoms with Crippen LogP contribution in [0.5, 0.6) is 0 Å². The molecule has 0 atom stereocenters. The third-order valence-corrected chi connectivity index (χ3v) is 3.61. The summed E-state index contributed by atoms with van der Waals surface area (Å²) in [4.78, 5) is 23.4. The van der Waals surface area contributed by atoms with Crippen molar-refractivity contribution >= 4 is 35.4 Å². The number of carbonyl (C=O) groups excluding carboxylic acids is 2. The largest absolute Gasteiger partial charge is 0.463 e. The van der Waals surface area contributed by atoms with Crippen molar-refractivity contribution in [3.8, 4) is 0 Å². The Labute approximate surface area is 145 Å². The smallest absolute Gasteiger partial charge is 0.330 e. The van der Waals surface area contributed by atoms with Crippen molar-refractivity contribution in [2.75, 3.05) is 18.2 Å². The topological polar surface area (TPSA) is 68.5 Å². The first-order valence-electron chi connectivity index (χ1n) is 7.46. The minimum absolute atomic E-state index is 0.283. The molecule has 2 rings (SSSR count). The summed E-state index contributed by atoms with van der Waals surface area (Å²) in [5, 5.41) is 2.77. The monoisotopic (exact) mass is 345 g/mol. The standard InChI is InChI=1S/C18H19NO4S/c1-3-22-17(20)11-6-13-4-7-14(8-5-13)19-18(21)16-10-9-15(23-16)12-24-2/h4-11H,3,12H2,1-2H3,(H,19,21). The Balaban J connectivity index is 1.95. The van der Waals surface area contributed by atoms with Gasteiger partial charge in [0.2, 0.25) is 0 Å². The average molecular weight is 345 g/mol. The molecule has 0 radical (unpaired) electrons. The van der Waals surface area contributed by atoms with Crippen LogP contribution in [-0.4, -0.2) is 24.7 Å². The van der Waals surface area contributed by atoms with Gasteiger partial charge in [0.1, 0.15) is 5.76 Å². The minimum atomic E-state index is -0.381. The van der Waals surface area contributed by atoms with Crippen LogP contribution >= 0.6 is 11.8 Å². The van der Waals surface area contributed by atoms with E-state index in [2.05, 4.69) is 5.32 Å². The molecule has 0 bridgehead atoms. The highest BCUT2D eigenvalue weighted by molar-refractivity contribution is 7.97. The van der Waals surface area contributed by atoms with E-state index in [9.17, 15) is 9.59 Å². The van der Waals surface area contributed by atoms with Gasteiger partial charge in [-0.2, -0.15) is 11.8 Å². The molecule has 0 spiro atoms. The fourth-order valence-electron chi connectivity index (χ4n) is 1.94. The van der Waals surface area contributed by atoms with Gasteiger partial charge >= 0.3 is 5.97 Å². The maximum atomic E-state index is 12.1. The van der Waals surface area contributed by atoms with Gasteiger partial charge in [0.25, 0.3) is 5.91 Å². The minimum Gasteiger partial charge on any atom is -0.463 e. The van der Waals surface area contributed by atoms with E-state index in [0.717, 1.165) is 17.1 Å². The highest BCUT2D eigenvalue weighted by Crippen LogP contribution is 2.16. The van der Waals surface area contributed by atoms with E-state index in [1.54, 1.807) is 61.2 Å². The lowest BCUT2D eigenvalue weighted by molar-refractivity contribution is -0.137. The third-order valence-electron chi connectivity index (χ3n) is 3.04. The van der Waals surface area contributed by atoms with Gasteiger partial charge < -0.3 is 14.5 Å². The summed E-state index contributed by atoms with van der Waals surface area (Å²) in [6, 6.07) is 10.6. The number of anilines is 1. The van der Waals surface area contributed by atoms with Crippen molar-refractivity contribution in [1.29, 1.82) is 0 Å². The second kappa shape index (κ2) is 8.98. The molecule has 1 aromatic carbocycles. The van der Waals surface area contributed by atoms with Crippen molar-refractivity contribution in [2.45, 2.75) is 12.7 Å². The van der Waals surface area contributed by atoms with Crippen molar-refractivity contribution in [1.82, 2.24) is 0 Å². The predicted octanol–water partition coefficient (Wildman–Crippen LogP) is 3.97. The molecule has 0 saturated heterocycles. The van der Waals surface area contributed by atoms with Gasteiger partial charge in [0.05, 0.1) is 12.4 Å². The molecule has 0 saturated carbocycles. The fraction of sp³-hybridized carbons (Fsp3) is 0.222. The average Bonchev–Trinajstić information content (AvgIpc) is 3.04. The van der Waals surface area contributed by atoms with E-state index in [1.807, 2.05) is 6.26 Å². The number of hydrogen-bond acceptors (Lipinski definition) is 5. The molecule has 5 nitrogen and oxygen atoms in total. The van der Waals surface area contributed by atoms with Crippen LogP contribution < -0.4 is 5.32 Å². The Kier molecular flexibility index (Phi) is 6.69. The van der Waals surface area contributed by atoms with Gasteiger partial charge in [0, 0.05) is 11.8 Å². The van der Waals surface area contributed by atoms with E-state index >= 15 is 0 Å². The van der Waals surface area contributed by atoms with Gasteiger partial charge in [-0.1, -0.05) is 12.1 Å². The first-order valence-corrected chi connectivity index (χ1v) is 8.85. The van der Waals surface area contributed by atoms with Crippen LogP contribution in [0.2, 0.25) is 0 Å². The molecule has 24 heavy (non-hydrogen) atoms. The Morgan fingerprint density at radius 3 is 2.62 bits per heavy atom. The lowest BCUT2D eigenvalue weighted by Crippen LogP contribution is -2.10. The van der Waals surface area contributed by atoms with Crippen LogP contribution in [-0.2, 0) is 15.3 Å². The van der Waals surface area contributed by atoms with Gasteiger partial charge in [-0.05, 0) is 49.1 Å². The molecule has 2 aromatic rings. The first-order chi connectivity index (χ1) is 11.6. The van der Waals surface area contributed by atoms with E-state index in [0.29, 0.717) is 12.3 Å². The molecule has 1 amide bonds.